The normalized spacial score (nSPS) is 10.9. The minimum atomic E-state index is 1.10. The molecule has 1 aromatic carbocycles. The lowest BCUT2D eigenvalue weighted by atomic mass is 10.3. The minimum absolute atomic E-state index is 1.10. The Kier molecular flexibility index (Phi) is 7.46. The van der Waals surface area contributed by atoms with Crippen LogP contribution >= 0.6 is 0 Å². The van der Waals surface area contributed by atoms with E-state index in [-0.39, 0.29) is 0 Å². The van der Waals surface area contributed by atoms with Gasteiger partial charge in [0.15, 0.2) is 0 Å². The van der Waals surface area contributed by atoms with Gasteiger partial charge >= 0.3 is 0 Å². The van der Waals surface area contributed by atoms with Gasteiger partial charge < -0.3 is 15.1 Å². The summed E-state index contributed by atoms with van der Waals surface area (Å²) in [7, 11) is 6.39. The Morgan fingerprint density at radius 1 is 0.889 bits per heavy atom. The number of para-hydroxylation sites is 1. The molecule has 0 aliphatic rings. The number of nitrogens with one attached hydrogen (secondary N) is 1. The van der Waals surface area contributed by atoms with Crippen LogP contribution in [0.1, 0.15) is 12.8 Å². The maximum absolute atomic E-state index is 3.49. The largest absolute Gasteiger partial charge is 0.375 e. The van der Waals surface area contributed by atoms with E-state index < -0.39 is 0 Å². The smallest absolute Gasteiger partial charge is 0.0363 e. The van der Waals surface area contributed by atoms with Crippen molar-refractivity contribution in [3.8, 4) is 0 Å². The number of nitrogens with zero attached hydrogens (tertiary/aromatic N) is 2. The predicted octanol–water partition coefficient (Wildman–Crippen LogP) is 2.05. The lowest BCUT2D eigenvalue weighted by molar-refractivity contribution is 0.394. The van der Waals surface area contributed by atoms with Crippen molar-refractivity contribution in [1.82, 2.24) is 10.2 Å². The Morgan fingerprint density at radius 2 is 1.50 bits per heavy atom. The summed E-state index contributed by atoms with van der Waals surface area (Å²) in [6.07, 6.45) is 2.41. The first-order valence-electron chi connectivity index (χ1n) is 6.82. The van der Waals surface area contributed by atoms with Crippen LogP contribution in [0.4, 0.5) is 5.69 Å². The van der Waals surface area contributed by atoms with Gasteiger partial charge in [-0.25, -0.2) is 0 Å². The Labute approximate surface area is 112 Å². The van der Waals surface area contributed by atoms with E-state index in [0.29, 0.717) is 0 Å². The number of hydrogen-bond donors (Lipinski definition) is 1. The zero-order chi connectivity index (χ0) is 13.2. The van der Waals surface area contributed by atoms with E-state index in [2.05, 4.69) is 66.6 Å². The van der Waals surface area contributed by atoms with Gasteiger partial charge in [-0.3, -0.25) is 0 Å². The summed E-state index contributed by atoms with van der Waals surface area (Å²) in [6, 6.07) is 10.6. The molecule has 0 saturated carbocycles. The Hall–Kier alpha value is -1.06. The minimum Gasteiger partial charge on any atom is -0.375 e. The highest BCUT2D eigenvalue weighted by atomic mass is 15.1. The zero-order valence-electron chi connectivity index (χ0n) is 12.0. The van der Waals surface area contributed by atoms with Crippen LogP contribution in [0, 0.1) is 0 Å². The van der Waals surface area contributed by atoms with Crippen molar-refractivity contribution >= 4 is 5.69 Å². The van der Waals surface area contributed by atoms with E-state index >= 15 is 0 Å². The van der Waals surface area contributed by atoms with Crippen molar-refractivity contribution in [2.45, 2.75) is 12.8 Å². The molecule has 0 aliphatic carbocycles. The van der Waals surface area contributed by atoms with Crippen molar-refractivity contribution in [3.63, 3.8) is 0 Å². The van der Waals surface area contributed by atoms with Crippen molar-refractivity contribution in [2.24, 2.45) is 0 Å². The third-order valence-electron chi connectivity index (χ3n) is 3.00. The summed E-state index contributed by atoms with van der Waals surface area (Å²) < 4.78 is 0. The second-order valence-corrected chi connectivity index (χ2v) is 5.02. The van der Waals surface area contributed by atoms with E-state index in [4.69, 9.17) is 0 Å². The molecule has 18 heavy (non-hydrogen) atoms. The average Bonchev–Trinajstić information content (AvgIpc) is 2.38. The summed E-state index contributed by atoms with van der Waals surface area (Å²) in [4.78, 5) is 4.53. The van der Waals surface area contributed by atoms with Crippen LogP contribution < -0.4 is 10.2 Å². The first-order chi connectivity index (χ1) is 8.70. The Morgan fingerprint density at radius 3 is 2.11 bits per heavy atom. The van der Waals surface area contributed by atoms with E-state index in [0.717, 1.165) is 26.2 Å². The van der Waals surface area contributed by atoms with Gasteiger partial charge in [-0.15, -0.1) is 0 Å². The van der Waals surface area contributed by atoms with Crippen LogP contribution in [0.15, 0.2) is 30.3 Å². The summed E-state index contributed by atoms with van der Waals surface area (Å²) >= 11 is 0. The third kappa shape index (κ3) is 6.62. The molecule has 0 aromatic heterocycles. The highest BCUT2D eigenvalue weighted by molar-refractivity contribution is 5.44. The zero-order valence-corrected chi connectivity index (χ0v) is 12.0. The standard InChI is InChI=1S/C15H27N3/c1-17(2)13-7-11-16-12-8-14-18(3)15-9-5-4-6-10-15/h4-6,9-10,16H,7-8,11-14H2,1-3H3. The summed E-state index contributed by atoms with van der Waals surface area (Å²) in [5.74, 6) is 0. The van der Waals surface area contributed by atoms with Gasteiger partial charge in [-0.05, 0) is 58.7 Å². The van der Waals surface area contributed by atoms with Gasteiger partial charge in [-0.2, -0.15) is 0 Å². The maximum Gasteiger partial charge on any atom is 0.0363 e. The summed E-state index contributed by atoms with van der Waals surface area (Å²) in [6.45, 7) is 4.49. The third-order valence-corrected chi connectivity index (χ3v) is 3.00. The molecule has 102 valence electrons. The fraction of sp³-hybridized carbons (Fsp3) is 0.600. The van der Waals surface area contributed by atoms with Crippen molar-refractivity contribution < 1.29 is 0 Å². The van der Waals surface area contributed by atoms with Crippen molar-refractivity contribution in [1.29, 1.82) is 0 Å². The SMILES string of the molecule is CN(C)CCCNCCCN(C)c1ccccc1. The van der Waals surface area contributed by atoms with Crippen LogP contribution in [0.25, 0.3) is 0 Å². The van der Waals surface area contributed by atoms with E-state index in [1.54, 1.807) is 0 Å². The van der Waals surface area contributed by atoms with Crippen LogP contribution in [0.2, 0.25) is 0 Å². The predicted molar refractivity (Wildman–Crippen MR) is 80.4 cm³/mol. The molecule has 0 spiro atoms. The number of rotatable bonds is 9. The second kappa shape index (κ2) is 8.95. The van der Waals surface area contributed by atoms with Gasteiger partial charge in [0.1, 0.15) is 0 Å². The summed E-state index contributed by atoms with van der Waals surface area (Å²) in [5, 5.41) is 3.49. The molecular weight excluding hydrogens is 222 g/mol. The fourth-order valence-electron chi connectivity index (χ4n) is 1.90. The van der Waals surface area contributed by atoms with Gasteiger partial charge in [-0.1, -0.05) is 18.2 Å². The molecule has 1 aromatic rings. The van der Waals surface area contributed by atoms with Crippen molar-refractivity contribution in [2.75, 3.05) is 52.2 Å². The number of hydrogen-bond acceptors (Lipinski definition) is 3. The summed E-state index contributed by atoms with van der Waals surface area (Å²) in [5.41, 5.74) is 1.30. The quantitative estimate of drug-likeness (QED) is 0.676. The molecule has 3 nitrogen and oxygen atoms in total. The number of benzene rings is 1. The molecule has 0 amide bonds. The first-order valence-corrected chi connectivity index (χ1v) is 6.82. The molecule has 0 unspecified atom stereocenters. The Bertz CT molecular complexity index is 298. The van der Waals surface area contributed by atoms with Crippen LogP contribution in [-0.4, -0.2) is 52.2 Å². The van der Waals surface area contributed by atoms with Gasteiger partial charge in [0.2, 0.25) is 0 Å². The molecule has 0 atom stereocenters. The molecular formula is C15H27N3. The molecule has 0 aliphatic heterocycles. The maximum atomic E-state index is 3.49. The second-order valence-electron chi connectivity index (χ2n) is 5.02. The molecule has 1 N–H and O–H groups in total. The first kappa shape index (κ1) is 15.0. The van der Waals surface area contributed by atoms with Gasteiger partial charge in [0.25, 0.3) is 0 Å². The van der Waals surface area contributed by atoms with Gasteiger partial charge in [0, 0.05) is 19.3 Å². The molecule has 3 heteroatoms. The Balaban J connectivity index is 2.01. The monoisotopic (exact) mass is 249 g/mol. The molecule has 0 saturated heterocycles. The molecule has 0 bridgehead atoms. The molecule has 0 fully saturated rings. The highest BCUT2D eigenvalue weighted by Crippen LogP contribution is 2.10. The van der Waals surface area contributed by atoms with Crippen molar-refractivity contribution in [3.05, 3.63) is 30.3 Å². The number of anilines is 1. The van der Waals surface area contributed by atoms with E-state index in [1.165, 1.54) is 18.5 Å². The molecule has 0 heterocycles. The van der Waals surface area contributed by atoms with E-state index in [1.807, 2.05) is 0 Å². The topological polar surface area (TPSA) is 18.5 Å². The lowest BCUT2D eigenvalue weighted by Gasteiger charge is -2.19. The van der Waals surface area contributed by atoms with Crippen LogP contribution in [0.3, 0.4) is 0 Å². The molecule has 0 radical (unpaired) electrons. The van der Waals surface area contributed by atoms with Crippen LogP contribution in [0.5, 0.6) is 0 Å². The fourth-order valence-corrected chi connectivity index (χ4v) is 1.90. The highest BCUT2D eigenvalue weighted by Gasteiger charge is 1.98. The average molecular weight is 249 g/mol. The molecule has 1 rings (SSSR count). The lowest BCUT2D eigenvalue weighted by Crippen LogP contribution is -2.25. The van der Waals surface area contributed by atoms with E-state index in [9.17, 15) is 0 Å². The van der Waals surface area contributed by atoms with Gasteiger partial charge in [0.05, 0.1) is 0 Å². The van der Waals surface area contributed by atoms with Crippen LogP contribution in [-0.2, 0) is 0 Å².